The van der Waals surface area contributed by atoms with E-state index in [0.29, 0.717) is 13.1 Å². The minimum Gasteiger partial charge on any atom is -0.298 e. The summed E-state index contributed by atoms with van der Waals surface area (Å²) in [5.74, 6) is 0.780. The fourth-order valence-electron chi connectivity index (χ4n) is 4.52. The van der Waals surface area contributed by atoms with Crippen LogP contribution in [0.1, 0.15) is 29.1 Å². The van der Waals surface area contributed by atoms with E-state index in [0.717, 1.165) is 43.2 Å². The van der Waals surface area contributed by atoms with Crippen molar-refractivity contribution >= 4 is 11.3 Å². The fourth-order valence-corrected chi connectivity index (χ4v) is 5.21. The predicted octanol–water partition coefficient (Wildman–Crippen LogP) is 0.796. The monoisotopic (exact) mass is 398 g/mol. The van der Waals surface area contributed by atoms with Gasteiger partial charge in [-0.2, -0.15) is 10.2 Å². The zero-order valence-electron chi connectivity index (χ0n) is 15.7. The van der Waals surface area contributed by atoms with E-state index in [1.54, 1.807) is 15.9 Å². The highest BCUT2D eigenvalue weighted by molar-refractivity contribution is 7.09. The van der Waals surface area contributed by atoms with Gasteiger partial charge in [-0.1, -0.05) is 6.07 Å². The molecular weight excluding hydrogens is 376 g/mol. The Morgan fingerprint density at radius 2 is 2.04 bits per heavy atom. The van der Waals surface area contributed by atoms with E-state index in [9.17, 15) is 9.59 Å². The number of rotatable bonds is 4. The SMILES string of the molecule is Cn1cc(CN2CCC3(CCn4c3nn(Cc3cccs3)c(=O)c4=O)C2)cn1. The smallest absolute Gasteiger partial charge is 0.298 e. The number of fused-ring (bicyclic) bond motifs is 2. The molecule has 0 aromatic carbocycles. The van der Waals surface area contributed by atoms with Crippen molar-refractivity contribution < 1.29 is 0 Å². The molecule has 2 aliphatic heterocycles. The van der Waals surface area contributed by atoms with Crippen LogP contribution in [0.4, 0.5) is 0 Å². The average molecular weight is 398 g/mol. The Morgan fingerprint density at radius 3 is 2.79 bits per heavy atom. The number of nitrogens with zero attached hydrogens (tertiary/aromatic N) is 6. The summed E-state index contributed by atoms with van der Waals surface area (Å²) < 4.78 is 4.79. The van der Waals surface area contributed by atoms with Crippen LogP contribution in [-0.2, 0) is 32.1 Å². The molecule has 9 heteroatoms. The quantitative estimate of drug-likeness (QED) is 0.608. The van der Waals surface area contributed by atoms with Gasteiger partial charge in [0.05, 0.1) is 12.7 Å². The lowest BCUT2D eigenvalue weighted by molar-refractivity contribution is 0.298. The minimum absolute atomic E-state index is 0.147. The summed E-state index contributed by atoms with van der Waals surface area (Å²) in [6.45, 7) is 3.58. The van der Waals surface area contributed by atoms with Crippen LogP contribution in [0.25, 0.3) is 0 Å². The summed E-state index contributed by atoms with van der Waals surface area (Å²) in [6, 6.07) is 3.91. The van der Waals surface area contributed by atoms with Crippen molar-refractivity contribution in [2.75, 3.05) is 13.1 Å². The van der Waals surface area contributed by atoms with Crippen molar-refractivity contribution in [3.8, 4) is 0 Å². The Bertz CT molecular complexity index is 1130. The maximum atomic E-state index is 12.7. The van der Waals surface area contributed by atoms with E-state index >= 15 is 0 Å². The van der Waals surface area contributed by atoms with E-state index in [2.05, 4.69) is 10.00 Å². The third-order valence-electron chi connectivity index (χ3n) is 5.91. The van der Waals surface area contributed by atoms with Gasteiger partial charge in [-0.25, -0.2) is 4.68 Å². The number of likely N-dealkylation sites (tertiary alicyclic amines) is 1. The van der Waals surface area contributed by atoms with Crippen molar-refractivity contribution in [1.82, 2.24) is 29.0 Å². The summed E-state index contributed by atoms with van der Waals surface area (Å²) in [7, 11) is 1.92. The van der Waals surface area contributed by atoms with E-state index in [1.165, 1.54) is 10.2 Å². The largest absolute Gasteiger partial charge is 0.332 e. The Kier molecular flexibility index (Phi) is 4.09. The molecule has 1 unspecified atom stereocenters. The molecule has 3 aromatic heterocycles. The molecule has 2 aliphatic rings. The number of hydrogen-bond acceptors (Lipinski definition) is 6. The van der Waals surface area contributed by atoms with E-state index in [4.69, 9.17) is 5.10 Å². The van der Waals surface area contributed by atoms with Crippen molar-refractivity contribution in [3.63, 3.8) is 0 Å². The molecule has 0 aliphatic carbocycles. The summed E-state index contributed by atoms with van der Waals surface area (Å²) in [5.41, 5.74) is 0.0702. The second kappa shape index (κ2) is 6.52. The first kappa shape index (κ1) is 17.6. The fraction of sp³-hybridized carbons (Fsp3) is 0.474. The number of thiophene rings is 1. The van der Waals surface area contributed by atoms with Gasteiger partial charge in [0, 0.05) is 48.7 Å². The molecule has 0 saturated carbocycles. The van der Waals surface area contributed by atoms with Gasteiger partial charge in [0.25, 0.3) is 0 Å². The van der Waals surface area contributed by atoms with Crippen LogP contribution >= 0.6 is 11.3 Å². The third-order valence-corrected chi connectivity index (χ3v) is 6.77. The van der Waals surface area contributed by atoms with Gasteiger partial charge in [-0.3, -0.25) is 23.7 Å². The number of hydrogen-bond donors (Lipinski definition) is 0. The second-order valence-corrected chi connectivity index (χ2v) is 8.87. The van der Waals surface area contributed by atoms with Gasteiger partial charge in [0.1, 0.15) is 5.82 Å². The highest BCUT2D eigenvalue weighted by atomic mass is 32.1. The van der Waals surface area contributed by atoms with E-state index in [-0.39, 0.29) is 5.41 Å². The molecule has 0 radical (unpaired) electrons. The standard InChI is InChI=1S/C19H22N6O2S/c1-22-10-14(9-20-22)11-23-6-4-19(13-23)5-7-24-16(26)17(27)25(21-18(19)24)12-15-3-2-8-28-15/h2-3,8-10H,4-7,11-13H2,1H3. The van der Waals surface area contributed by atoms with Crippen LogP contribution in [0.2, 0.25) is 0 Å². The molecular formula is C19H22N6O2S. The summed E-state index contributed by atoms with van der Waals surface area (Å²) >= 11 is 1.57. The van der Waals surface area contributed by atoms with E-state index < -0.39 is 11.1 Å². The Labute approximate surface area is 165 Å². The second-order valence-electron chi connectivity index (χ2n) is 7.84. The molecule has 1 fully saturated rings. The molecule has 1 atom stereocenters. The topological polar surface area (TPSA) is 78.0 Å². The van der Waals surface area contributed by atoms with Crippen LogP contribution in [0.15, 0.2) is 39.5 Å². The van der Waals surface area contributed by atoms with Gasteiger partial charge in [-0.15, -0.1) is 11.3 Å². The lowest BCUT2D eigenvalue weighted by Crippen LogP contribution is -2.45. The summed E-state index contributed by atoms with van der Waals surface area (Å²) in [6.07, 6.45) is 5.75. The van der Waals surface area contributed by atoms with Crippen LogP contribution in [0, 0.1) is 0 Å². The lowest BCUT2D eigenvalue weighted by Gasteiger charge is -2.23. The molecule has 1 saturated heterocycles. The predicted molar refractivity (Wildman–Crippen MR) is 106 cm³/mol. The minimum atomic E-state index is -0.528. The van der Waals surface area contributed by atoms with Crippen molar-refractivity contribution in [2.45, 2.75) is 37.9 Å². The summed E-state index contributed by atoms with van der Waals surface area (Å²) in [5, 5.41) is 10.9. The first-order valence-electron chi connectivity index (χ1n) is 9.49. The highest BCUT2D eigenvalue weighted by Gasteiger charge is 2.47. The molecule has 146 valence electrons. The van der Waals surface area contributed by atoms with Gasteiger partial charge < -0.3 is 0 Å². The molecule has 28 heavy (non-hydrogen) atoms. The van der Waals surface area contributed by atoms with Gasteiger partial charge in [0.15, 0.2) is 0 Å². The van der Waals surface area contributed by atoms with E-state index in [1.807, 2.05) is 41.6 Å². The molecule has 0 bridgehead atoms. The Morgan fingerprint density at radius 1 is 1.18 bits per heavy atom. The Balaban J connectivity index is 1.46. The lowest BCUT2D eigenvalue weighted by atomic mass is 9.85. The molecule has 5 rings (SSSR count). The van der Waals surface area contributed by atoms with Crippen LogP contribution in [0.3, 0.4) is 0 Å². The normalized spacial score (nSPS) is 21.6. The van der Waals surface area contributed by atoms with Gasteiger partial charge >= 0.3 is 11.1 Å². The van der Waals surface area contributed by atoms with Gasteiger partial charge in [0.2, 0.25) is 0 Å². The molecule has 0 amide bonds. The Hall–Kier alpha value is -2.52. The zero-order valence-corrected chi connectivity index (χ0v) is 16.6. The molecule has 5 heterocycles. The maximum Gasteiger partial charge on any atom is 0.332 e. The molecule has 0 N–H and O–H groups in total. The first-order valence-corrected chi connectivity index (χ1v) is 10.4. The number of aryl methyl sites for hydroxylation is 1. The van der Waals surface area contributed by atoms with Crippen LogP contribution in [0.5, 0.6) is 0 Å². The number of aromatic nitrogens is 5. The van der Waals surface area contributed by atoms with Crippen molar-refractivity contribution in [3.05, 3.63) is 66.9 Å². The third kappa shape index (κ3) is 2.85. The van der Waals surface area contributed by atoms with Crippen molar-refractivity contribution in [1.29, 1.82) is 0 Å². The molecule has 8 nitrogen and oxygen atoms in total. The van der Waals surface area contributed by atoms with Gasteiger partial charge in [-0.05, 0) is 30.8 Å². The van der Waals surface area contributed by atoms with Crippen molar-refractivity contribution in [2.24, 2.45) is 7.05 Å². The summed E-state index contributed by atoms with van der Waals surface area (Å²) in [4.78, 5) is 28.6. The molecule has 3 aromatic rings. The zero-order chi connectivity index (χ0) is 19.3. The first-order chi connectivity index (χ1) is 13.5. The maximum absolute atomic E-state index is 12.7. The van der Waals surface area contributed by atoms with Crippen LogP contribution < -0.4 is 11.1 Å². The molecule has 1 spiro atoms. The highest BCUT2D eigenvalue weighted by Crippen LogP contribution is 2.40. The van der Waals surface area contributed by atoms with Crippen LogP contribution in [-0.4, -0.2) is 42.1 Å². The average Bonchev–Trinajstić information content (AvgIpc) is 3.45.